The van der Waals surface area contributed by atoms with Crippen LogP contribution in [0.1, 0.15) is 5.56 Å². The van der Waals surface area contributed by atoms with Gasteiger partial charge in [0.2, 0.25) is 0 Å². The Morgan fingerprint density at radius 2 is 1.79 bits per heavy atom. The van der Waals surface area contributed by atoms with Crippen molar-refractivity contribution < 1.29 is 4.21 Å². The maximum atomic E-state index is 12.4. The second-order valence-corrected chi connectivity index (χ2v) is 7.00. The molecule has 2 aromatic rings. The summed E-state index contributed by atoms with van der Waals surface area (Å²) in [6.07, 6.45) is 0. The van der Waals surface area contributed by atoms with Gasteiger partial charge < -0.3 is 5.73 Å². The summed E-state index contributed by atoms with van der Waals surface area (Å²) in [5.74, 6) is 0.280. The van der Waals surface area contributed by atoms with E-state index in [1.165, 1.54) is 0 Å². The van der Waals surface area contributed by atoms with Crippen LogP contribution in [0.2, 0.25) is 10.0 Å². The van der Waals surface area contributed by atoms with Crippen LogP contribution in [0.4, 0.5) is 5.69 Å². The van der Waals surface area contributed by atoms with E-state index < -0.39 is 10.8 Å². The number of benzene rings is 2. The van der Waals surface area contributed by atoms with Gasteiger partial charge in [0.1, 0.15) is 0 Å². The van der Waals surface area contributed by atoms with Gasteiger partial charge in [-0.3, -0.25) is 4.21 Å². The molecule has 0 radical (unpaired) electrons. The van der Waals surface area contributed by atoms with E-state index in [2.05, 4.69) is 15.9 Å². The monoisotopic (exact) mass is 377 g/mol. The van der Waals surface area contributed by atoms with E-state index in [1.807, 2.05) is 12.1 Å². The fraction of sp³-hybridized carbons (Fsp3) is 0.0769. The van der Waals surface area contributed by atoms with Crippen molar-refractivity contribution >= 4 is 55.6 Å². The lowest BCUT2D eigenvalue weighted by Crippen LogP contribution is -2.01. The van der Waals surface area contributed by atoms with Gasteiger partial charge >= 0.3 is 0 Å². The van der Waals surface area contributed by atoms with Gasteiger partial charge in [-0.25, -0.2) is 0 Å². The van der Waals surface area contributed by atoms with Gasteiger partial charge in [-0.2, -0.15) is 0 Å². The van der Waals surface area contributed by atoms with E-state index >= 15 is 0 Å². The van der Waals surface area contributed by atoms with Crippen molar-refractivity contribution in [3.8, 4) is 0 Å². The van der Waals surface area contributed by atoms with Crippen molar-refractivity contribution in [2.45, 2.75) is 10.6 Å². The molecule has 0 fully saturated rings. The molecule has 0 spiro atoms. The molecule has 0 aliphatic carbocycles. The molecular formula is C13H10BrCl2NOS. The number of hydrogen-bond donors (Lipinski definition) is 1. The average Bonchev–Trinajstić information content (AvgIpc) is 2.32. The maximum Gasteiger partial charge on any atom is 0.0763 e. The molecule has 0 amide bonds. The third-order valence-corrected chi connectivity index (χ3v) is 5.36. The summed E-state index contributed by atoms with van der Waals surface area (Å²) in [6.45, 7) is 0. The van der Waals surface area contributed by atoms with Crippen LogP contribution < -0.4 is 5.73 Å². The first-order valence-corrected chi connectivity index (χ1v) is 8.22. The van der Waals surface area contributed by atoms with Crippen LogP contribution >= 0.6 is 39.1 Å². The quantitative estimate of drug-likeness (QED) is 0.790. The second-order valence-electron chi connectivity index (χ2n) is 3.88. The van der Waals surface area contributed by atoms with Crippen LogP contribution in [-0.2, 0) is 16.6 Å². The van der Waals surface area contributed by atoms with E-state index in [9.17, 15) is 4.21 Å². The molecular weight excluding hydrogens is 369 g/mol. The van der Waals surface area contributed by atoms with Gasteiger partial charge in [0, 0.05) is 10.2 Å². The molecule has 0 saturated heterocycles. The summed E-state index contributed by atoms with van der Waals surface area (Å²) in [7, 11) is -1.33. The first-order valence-electron chi connectivity index (χ1n) is 5.35. The second kappa shape index (κ2) is 6.27. The minimum absolute atomic E-state index is 0.280. The van der Waals surface area contributed by atoms with Crippen LogP contribution in [0.15, 0.2) is 45.8 Å². The van der Waals surface area contributed by atoms with Crippen molar-refractivity contribution in [1.29, 1.82) is 0 Å². The Morgan fingerprint density at radius 3 is 2.37 bits per heavy atom. The molecule has 0 aliphatic heterocycles. The van der Waals surface area contributed by atoms with Crippen LogP contribution in [0.25, 0.3) is 0 Å². The molecule has 19 heavy (non-hydrogen) atoms. The van der Waals surface area contributed by atoms with Crippen molar-refractivity contribution in [3.63, 3.8) is 0 Å². The number of anilines is 1. The number of halogens is 3. The zero-order valence-corrected chi connectivity index (χ0v) is 13.6. The van der Waals surface area contributed by atoms with Crippen LogP contribution in [0, 0.1) is 0 Å². The molecule has 6 heteroatoms. The summed E-state index contributed by atoms with van der Waals surface area (Å²) in [4.78, 5) is 0.452. The third kappa shape index (κ3) is 3.51. The molecule has 0 saturated carbocycles. The third-order valence-electron chi connectivity index (χ3n) is 2.54. The summed E-state index contributed by atoms with van der Waals surface area (Å²) >= 11 is 15.4. The van der Waals surface area contributed by atoms with E-state index in [0.717, 1.165) is 10.0 Å². The molecule has 2 aromatic carbocycles. The van der Waals surface area contributed by atoms with Gasteiger partial charge in [0.15, 0.2) is 0 Å². The number of nitrogens with two attached hydrogens (primary N) is 1. The molecule has 0 heterocycles. The minimum atomic E-state index is -1.33. The standard InChI is InChI=1S/C13H10BrCl2NOS/c14-9-5-4-8(12(17)6-9)7-19(18)13-10(15)2-1-3-11(13)16/h1-6H,7,17H2. The van der Waals surface area contributed by atoms with Gasteiger partial charge in [0.05, 0.1) is 31.5 Å². The Labute approximate surface area is 132 Å². The van der Waals surface area contributed by atoms with E-state index in [-0.39, 0.29) is 5.75 Å². The van der Waals surface area contributed by atoms with Gasteiger partial charge in [-0.05, 0) is 29.8 Å². The van der Waals surface area contributed by atoms with Crippen LogP contribution in [0.3, 0.4) is 0 Å². The molecule has 2 rings (SSSR count). The Bertz CT molecular complexity index is 628. The van der Waals surface area contributed by atoms with Crippen molar-refractivity contribution in [1.82, 2.24) is 0 Å². The Morgan fingerprint density at radius 1 is 1.16 bits per heavy atom. The van der Waals surface area contributed by atoms with Gasteiger partial charge in [-0.15, -0.1) is 0 Å². The van der Waals surface area contributed by atoms with Gasteiger partial charge in [-0.1, -0.05) is 51.3 Å². The maximum absolute atomic E-state index is 12.4. The summed E-state index contributed by atoms with van der Waals surface area (Å²) < 4.78 is 13.3. The Balaban J connectivity index is 2.31. The van der Waals surface area contributed by atoms with Crippen LogP contribution in [-0.4, -0.2) is 4.21 Å². The molecule has 1 unspecified atom stereocenters. The average molecular weight is 379 g/mol. The SMILES string of the molecule is Nc1cc(Br)ccc1CS(=O)c1c(Cl)cccc1Cl. The minimum Gasteiger partial charge on any atom is -0.398 e. The van der Waals surface area contributed by atoms with Crippen LogP contribution in [0.5, 0.6) is 0 Å². The highest BCUT2D eigenvalue weighted by atomic mass is 79.9. The van der Waals surface area contributed by atoms with E-state index in [4.69, 9.17) is 28.9 Å². The summed E-state index contributed by atoms with van der Waals surface area (Å²) in [6, 6.07) is 10.5. The van der Waals surface area contributed by atoms with Crippen molar-refractivity contribution in [2.75, 3.05) is 5.73 Å². The normalized spacial score (nSPS) is 12.4. The zero-order chi connectivity index (χ0) is 14.0. The molecule has 2 nitrogen and oxygen atoms in total. The lowest BCUT2D eigenvalue weighted by atomic mass is 10.2. The number of nitrogen functional groups attached to an aromatic ring is 1. The summed E-state index contributed by atoms with van der Waals surface area (Å²) in [5, 5.41) is 0.808. The highest BCUT2D eigenvalue weighted by molar-refractivity contribution is 9.10. The first kappa shape index (κ1) is 14.9. The molecule has 1 atom stereocenters. The number of hydrogen-bond acceptors (Lipinski definition) is 2. The van der Waals surface area contributed by atoms with E-state index in [1.54, 1.807) is 24.3 Å². The lowest BCUT2D eigenvalue weighted by Gasteiger charge is -2.09. The fourth-order valence-electron chi connectivity index (χ4n) is 1.61. The fourth-order valence-corrected chi connectivity index (χ4v) is 4.16. The van der Waals surface area contributed by atoms with E-state index in [0.29, 0.717) is 20.6 Å². The number of rotatable bonds is 3. The first-order chi connectivity index (χ1) is 8.99. The lowest BCUT2D eigenvalue weighted by molar-refractivity contribution is 0.682. The molecule has 100 valence electrons. The largest absolute Gasteiger partial charge is 0.398 e. The molecule has 2 N–H and O–H groups in total. The van der Waals surface area contributed by atoms with Crippen molar-refractivity contribution in [2.24, 2.45) is 0 Å². The highest BCUT2D eigenvalue weighted by Crippen LogP contribution is 2.30. The molecule has 0 bridgehead atoms. The topological polar surface area (TPSA) is 43.1 Å². The molecule has 0 aromatic heterocycles. The van der Waals surface area contributed by atoms with Crippen molar-refractivity contribution in [3.05, 3.63) is 56.5 Å². The smallest absolute Gasteiger partial charge is 0.0763 e. The molecule has 0 aliphatic rings. The Kier molecular flexibility index (Phi) is 4.90. The summed E-state index contributed by atoms with van der Waals surface area (Å²) in [5.41, 5.74) is 7.29. The predicted octanol–water partition coefficient (Wildman–Crippen LogP) is 4.65. The predicted molar refractivity (Wildman–Crippen MR) is 85.1 cm³/mol. The highest BCUT2D eigenvalue weighted by Gasteiger charge is 2.14. The Hall–Kier alpha value is -0.550. The van der Waals surface area contributed by atoms with Gasteiger partial charge in [0.25, 0.3) is 0 Å². The zero-order valence-electron chi connectivity index (χ0n) is 9.70.